The molecule has 0 aliphatic carbocycles. The highest BCUT2D eigenvalue weighted by atomic mass is 19.1. The molecule has 19 heavy (non-hydrogen) atoms. The third-order valence-electron chi connectivity index (χ3n) is 3.57. The van der Waals surface area contributed by atoms with E-state index in [9.17, 15) is 13.6 Å². The molecule has 1 amide bonds. The first-order valence-corrected chi connectivity index (χ1v) is 6.49. The number of carbonyl (C=O) groups excluding carboxylic acids is 1. The molecule has 1 aliphatic heterocycles. The summed E-state index contributed by atoms with van der Waals surface area (Å²) in [7, 11) is 0. The molecule has 2 atom stereocenters. The molecule has 1 saturated heterocycles. The average molecular weight is 268 g/mol. The lowest BCUT2D eigenvalue weighted by molar-refractivity contribution is 0.0915. The van der Waals surface area contributed by atoms with Crippen LogP contribution in [0.5, 0.6) is 0 Å². The molecule has 0 bridgehead atoms. The zero-order chi connectivity index (χ0) is 14.0. The Bertz CT molecular complexity index is 491. The van der Waals surface area contributed by atoms with Crippen molar-refractivity contribution in [3.8, 4) is 0 Å². The molecule has 1 aliphatic rings. The maximum Gasteiger partial charge on any atom is 0.254 e. The predicted molar refractivity (Wildman–Crippen MR) is 69.0 cm³/mol. The highest BCUT2D eigenvalue weighted by Crippen LogP contribution is 2.15. The normalized spacial score (nSPS) is 23.2. The first-order chi connectivity index (χ1) is 8.99. The van der Waals surface area contributed by atoms with Crippen molar-refractivity contribution in [2.75, 3.05) is 6.54 Å². The van der Waals surface area contributed by atoms with Crippen LogP contribution in [0.2, 0.25) is 0 Å². The Morgan fingerprint density at radius 3 is 2.79 bits per heavy atom. The van der Waals surface area contributed by atoms with Crippen LogP contribution in [0.1, 0.15) is 35.7 Å². The van der Waals surface area contributed by atoms with Crippen molar-refractivity contribution in [3.63, 3.8) is 0 Å². The molecular formula is C14H18F2N2O. The number of piperidine rings is 1. The number of halogens is 2. The van der Waals surface area contributed by atoms with Gasteiger partial charge in [0.1, 0.15) is 11.6 Å². The summed E-state index contributed by atoms with van der Waals surface area (Å²) >= 11 is 0. The van der Waals surface area contributed by atoms with E-state index in [1.807, 2.05) is 6.92 Å². The van der Waals surface area contributed by atoms with Crippen molar-refractivity contribution < 1.29 is 13.6 Å². The van der Waals surface area contributed by atoms with Crippen molar-refractivity contribution in [2.45, 2.75) is 38.8 Å². The number of rotatable bonds is 2. The Hall–Kier alpha value is -1.49. The fourth-order valence-corrected chi connectivity index (χ4v) is 2.32. The first kappa shape index (κ1) is 13.9. The summed E-state index contributed by atoms with van der Waals surface area (Å²) in [6.07, 6.45) is 1.84. The van der Waals surface area contributed by atoms with E-state index in [2.05, 4.69) is 10.6 Å². The van der Waals surface area contributed by atoms with Crippen molar-refractivity contribution in [2.24, 2.45) is 0 Å². The molecule has 5 heteroatoms. The minimum absolute atomic E-state index is 0.0222. The molecule has 0 saturated carbocycles. The Labute approximate surface area is 111 Å². The van der Waals surface area contributed by atoms with E-state index in [1.54, 1.807) is 0 Å². The number of carbonyl (C=O) groups is 1. The van der Waals surface area contributed by atoms with Gasteiger partial charge in [0, 0.05) is 18.2 Å². The van der Waals surface area contributed by atoms with E-state index in [0.717, 1.165) is 25.5 Å². The summed E-state index contributed by atoms with van der Waals surface area (Å²) < 4.78 is 26.8. The van der Waals surface area contributed by atoms with Gasteiger partial charge in [-0.05, 0) is 44.9 Å². The van der Waals surface area contributed by atoms with Crippen LogP contribution in [0.25, 0.3) is 0 Å². The first-order valence-electron chi connectivity index (χ1n) is 6.49. The Balaban J connectivity index is 2.13. The van der Waals surface area contributed by atoms with Crippen LogP contribution in [0, 0.1) is 18.6 Å². The molecule has 3 nitrogen and oxygen atoms in total. The number of nitrogens with one attached hydrogen (secondary N) is 2. The molecule has 1 aromatic carbocycles. The SMILES string of the molecule is Cc1cc(C(=O)NC2CCCNC2C)c(F)cc1F. The molecule has 0 aromatic heterocycles. The van der Waals surface area contributed by atoms with Crippen LogP contribution >= 0.6 is 0 Å². The van der Waals surface area contributed by atoms with E-state index in [1.165, 1.54) is 13.0 Å². The number of benzene rings is 1. The second kappa shape index (κ2) is 5.65. The molecular weight excluding hydrogens is 250 g/mol. The van der Waals surface area contributed by atoms with E-state index in [0.29, 0.717) is 0 Å². The van der Waals surface area contributed by atoms with Crippen LogP contribution in [-0.4, -0.2) is 24.5 Å². The Morgan fingerprint density at radius 1 is 1.37 bits per heavy atom. The van der Waals surface area contributed by atoms with Gasteiger partial charge >= 0.3 is 0 Å². The minimum atomic E-state index is -0.822. The fraction of sp³-hybridized carbons (Fsp3) is 0.500. The lowest BCUT2D eigenvalue weighted by Crippen LogP contribution is -2.52. The van der Waals surface area contributed by atoms with Crippen molar-refractivity contribution in [3.05, 3.63) is 34.9 Å². The van der Waals surface area contributed by atoms with Gasteiger partial charge in [-0.15, -0.1) is 0 Å². The summed E-state index contributed by atoms with van der Waals surface area (Å²) in [5.74, 6) is -1.94. The summed E-state index contributed by atoms with van der Waals surface area (Å²) in [6.45, 7) is 4.42. The number of aryl methyl sites for hydroxylation is 1. The van der Waals surface area contributed by atoms with E-state index >= 15 is 0 Å². The molecule has 1 aromatic rings. The molecule has 0 spiro atoms. The fourth-order valence-electron chi connectivity index (χ4n) is 2.32. The van der Waals surface area contributed by atoms with Crippen molar-refractivity contribution in [1.82, 2.24) is 10.6 Å². The molecule has 0 radical (unpaired) electrons. The monoisotopic (exact) mass is 268 g/mol. The van der Waals surface area contributed by atoms with Crippen molar-refractivity contribution >= 4 is 5.91 Å². The molecule has 1 fully saturated rings. The van der Waals surface area contributed by atoms with Gasteiger partial charge in [0.05, 0.1) is 5.56 Å². The Kier molecular flexibility index (Phi) is 4.14. The minimum Gasteiger partial charge on any atom is -0.348 e. The molecule has 2 rings (SSSR count). The van der Waals surface area contributed by atoms with Crippen LogP contribution in [0.15, 0.2) is 12.1 Å². The summed E-state index contributed by atoms with van der Waals surface area (Å²) in [5, 5.41) is 6.06. The third-order valence-corrected chi connectivity index (χ3v) is 3.57. The largest absolute Gasteiger partial charge is 0.348 e. The zero-order valence-electron chi connectivity index (χ0n) is 11.1. The van der Waals surface area contributed by atoms with Gasteiger partial charge in [-0.1, -0.05) is 0 Å². The van der Waals surface area contributed by atoms with E-state index in [-0.39, 0.29) is 23.2 Å². The molecule has 1 heterocycles. The number of hydrogen-bond donors (Lipinski definition) is 2. The van der Waals surface area contributed by atoms with Crippen molar-refractivity contribution in [1.29, 1.82) is 0 Å². The van der Waals surface area contributed by atoms with Gasteiger partial charge in [0.15, 0.2) is 0 Å². The number of amides is 1. The van der Waals surface area contributed by atoms with Gasteiger partial charge in [-0.3, -0.25) is 4.79 Å². The zero-order valence-corrected chi connectivity index (χ0v) is 11.1. The second-order valence-electron chi connectivity index (χ2n) is 5.05. The third kappa shape index (κ3) is 3.10. The predicted octanol–water partition coefficient (Wildman–Crippen LogP) is 2.14. The average Bonchev–Trinajstić information content (AvgIpc) is 2.36. The standard InChI is InChI=1S/C14H18F2N2O/c1-8-6-10(12(16)7-11(8)15)14(19)18-13-4-3-5-17-9(13)2/h6-7,9,13,17H,3-5H2,1-2H3,(H,18,19). The second-order valence-corrected chi connectivity index (χ2v) is 5.05. The summed E-state index contributed by atoms with van der Waals surface area (Å²) in [6, 6.07) is 2.14. The van der Waals surface area contributed by atoms with Crippen LogP contribution in [-0.2, 0) is 0 Å². The van der Waals surface area contributed by atoms with E-state index in [4.69, 9.17) is 0 Å². The van der Waals surface area contributed by atoms with Gasteiger partial charge in [-0.25, -0.2) is 8.78 Å². The maximum absolute atomic E-state index is 13.6. The molecule has 2 N–H and O–H groups in total. The quantitative estimate of drug-likeness (QED) is 0.863. The Morgan fingerprint density at radius 2 is 2.11 bits per heavy atom. The summed E-state index contributed by atoms with van der Waals surface area (Å²) in [4.78, 5) is 12.0. The lowest BCUT2D eigenvalue weighted by atomic mass is 9.99. The van der Waals surface area contributed by atoms with Gasteiger partial charge < -0.3 is 10.6 Å². The van der Waals surface area contributed by atoms with Gasteiger partial charge in [0.2, 0.25) is 0 Å². The summed E-state index contributed by atoms with van der Waals surface area (Å²) in [5.41, 5.74) is 0.165. The molecule has 104 valence electrons. The van der Waals surface area contributed by atoms with Crippen LogP contribution in [0.3, 0.4) is 0 Å². The molecule has 2 unspecified atom stereocenters. The van der Waals surface area contributed by atoms with Crippen LogP contribution in [0.4, 0.5) is 8.78 Å². The van der Waals surface area contributed by atoms with E-state index < -0.39 is 17.5 Å². The smallest absolute Gasteiger partial charge is 0.254 e. The highest BCUT2D eigenvalue weighted by Gasteiger charge is 2.24. The highest BCUT2D eigenvalue weighted by molar-refractivity contribution is 5.94. The lowest BCUT2D eigenvalue weighted by Gasteiger charge is -2.30. The number of hydrogen-bond acceptors (Lipinski definition) is 2. The van der Waals surface area contributed by atoms with Gasteiger partial charge in [0.25, 0.3) is 5.91 Å². The van der Waals surface area contributed by atoms with Gasteiger partial charge in [-0.2, -0.15) is 0 Å². The maximum atomic E-state index is 13.6. The topological polar surface area (TPSA) is 41.1 Å². The van der Waals surface area contributed by atoms with Crippen LogP contribution < -0.4 is 10.6 Å².